The molecule has 1 atom stereocenters. The van der Waals surface area contributed by atoms with Crippen LogP contribution >= 0.6 is 0 Å². The van der Waals surface area contributed by atoms with Gasteiger partial charge in [0.2, 0.25) is 5.91 Å². The minimum absolute atomic E-state index is 0.132. The van der Waals surface area contributed by atoms with Gasteiger partial charge in [-0.15, -0.1) is 0 Å². The average Bonchev–Trinajstić information content (AvgIpc) is 2.75. The topological polar surface area (TPSA) is 105 Å². The Morgan fingerprint density at radius 2 is 2.24 bits per heavy atom. The molecule has 1 unspecified atom stereocenters. The van der Waals surface area contributed by atoms with E-state index in [0.29, 0.717) is 24.5 Å². The number of piperidine rings is 1. The maximum Gasteiger partial charge on any atom is 0.270 e. The van der Waals surface area contributed by atoms with Crippen LogP contribution < -0.4 is 11.5 Å². The van der Waals surface area contributed by atoms with E-state index in [9.17, 15) is 9.59 Å². The number of nitrogen functional groups attached to an aromatic ring is 1. The summed E-state index contributed by atoms with van der Waals surface area (Å²) in [5, 5.41) is 0. The molecule has 2 heterocycles. The van der Waals surface area contributed by atoms with Gasteiger partial charge in [-0.25, -0.2) is 0 Å². The molecule has 0 spiro atoms. The van der Waals surface area contributed by atoms with Gasteiger partial charge >= 0.3 is 0 Å². The summed E-state index contributed by atoms with van der Waals surface area (Å²) >= 11 is 0. The van der Waals surface area contributed by atoms with Crippen molar-refractivity contribution in [2.45, 2.75) is 12.8 Å². The summed E-state index contributed by atoms with van der Waals surface area (Å²) in [7, 11) is 0. The third-order valence-electron chi connectivity index (χ3n) is 3.05. The molecule has 17 heavy (non-hydrogen) atoms. The molecule has 6 heteroatoms. The summed E-state index contributed by atoms with van der Waals surface area (Å²) in [5.41, 5.74) is 11.8. The van der Waals surface area contributed by atoms with Crippen LogP contribution in [0.4, 0.5) is 5.69 Å². The van der Waals surface area contributed by atoms with Crippen molar-refractivity contribution in [1.29, 1.82) is 0 Å². The molecule has 1 aliphatic rings. The Kier molecular flexibility index (Phi) is 3.03. The van der Waals surface area contributed by atoms with Crippen LogP contribution in [0.2, 0.25) is 0 Å². The number of hydrogen-bond acceptors (Lipinski definition) is 3. The van der Waals surface area contributed by atoms with E-state index in [0.717, 1.165) is 12.8 Å². The number of aromatic amines is 1. The van der Waals surface area contributed by atoms with Gasteiger partial charge in [0, 0.05) is 25.0 Å². The van der Waals surface area contributed by atoms with E-state index < -0.39 is 0 Å². The Labute approximate surface area is 99.0 Å². The Balaban J connectivity index is 2.07. The van der Waals surface area contributed by atoms with Crippen molar-refractivity contribution in [3.63, 3.8) is 0 Å². The van der Waals surface area contributed by atoms with Gasteiger partial charge in [0.05, 0.1) is 5.92 Å². The highest BCUT2D eigenvalue weighted by atomic mass is 16.2. The van der Waals surface area contributed by atoms with Gasteiger partial charge < -0.3 is 21.4 Å². The van der Waals surface area contributed by atoms with E-state index in [1.54, 1.807) is 17.2 Å². The van der Waals surface area contributed by atoms with Crippen molar-refractivity contribution in [3.05, 3.63) is 18.0 Å². The molecule has 0 saturated carbocycles. The molecule has 1 aliphatic heterocycles. The molecule has 92 valence electrons. The molecule has 1 aromatic rings. The largest absolute Gasteiger partial charge is 0.397 e. The number of H-pyrrole nitrogens is 1. The second-order valence-corrected chi connectivity index (χ2v) is 4.34. The predicted molar refractivity (Wildman–Crippen MR) is 63.0 cm³/mol. The summed E-state index contributed by atoms with van der Waals surface area (Å²) < 4.78 is 0. The molecule has 0 aliphatic carbocycles. The fourth-order valence-corrected chi connectivity index (χ4v) is 2.10. The van der Waals surface area contributed by atoms with E-state index in [2.05, 4.69) is 4.98 Å². The quantitative estimate of drug-likeness (QED) is 0.669. The normalized spacial score (nSPS) is 20.2. The smallest absolute Gasteiger partial charge is 0.270 e. The van der Waals surface area contributed by atoms with Crippen LogP contribution in [0.5, 0.6) is 0 Å². The highest BCUT2D eigenvalue weighted by Crippen LogP contribution is 2.18. The van der Waals surface area contributed by atoms with E-state index in [1.165, 1.54) is 0 Å². The third kappa shape index (κ3) is 2.41. The number of carbonyl (C=O) groups excluding carboxylic acids is 2. The average molecular weight is 236 g/mol. The zero-order valence-electron chi connectivity index (χ0n) is 9.48. The molecule has 0 radical (unpaired) electrons. The van der Waals surface area contributed by atoms with Crippen molar-refractivity contribution in [2.75, 3.05) is 18.8 Å². The lowest BCUT2D eigenvalue weighted by Gasteiger charge is -2.30. The van der Waals surface area contributed by atoms with Crippen molar-refractivity contribution in [1.82, 2.24) is 9.88 Å². The Hall–Kier alpha value is -1.98. The Morgan fingerprint density at radius 1 is 1.47 bits per heavy atom. The standard InChI is InChI=1S/C11H16N4O2/c12-8-4-9(14-5-8)11(17)15-3-1-2-7(6-15)10(13)16/h4-5,7,14H,1-3,6,12H2,(H2,13,16). The van der Waals surface area contributed by atoms with Crippen LogP contribution in [0, 0.1) is 5.92 Å². The zero-order chi connectivity index (χ0) is 12.4. The van der Waals surface area contributed by atoms with Crippen molar-refractivity contribution >= 4 is 17.5 Å². The molecule has 0 aromatic carbocycles. The lowest BCUT2D eigenvalue weighted by Crippen LogP contribution is -2.44. The van der Waals surface area contributed by atoms with Crippen LogP contribution in [0.1, 0.15) is 23.3 Å². The second-order valence-electron chi connectivity index (χ2n) is 4.34. The third-order valence-corrected chi connectivity index (χ3v) is 3.05. The van der Waals surface area contributed by atoms with Crippen molar-refractivity contribution in [3.8, 4) is 0 Å². The number of rotatable bonds is 2. The Morgan fingerprint density at radius 3 is 2.82 bits per heavy atom. The number of primary amides is 1. The van der Waals surface area contributed by atoms with Gasteiger partial charge in [-0.3, -0.25) is 9.59 Å². The monoisotopic (exact) mass is 236 g/mol. The molecule has 1 saturated heterocycles. The number of hydrogen-bond donors (Lipinski definition) is 3. The van der Waals surface area contributed by atoms with Crippen LogP contribution in [-0.2, 0) is 4.79 Å². The molecule has 2 amide bonds. The first-order valence-electron chi connectivity index (χ1n) is 5.60. The van der Waals surface area contributed by atoms with Gasteiger partial charge in [0.1, 0.15) is 5.69 Å². The maximum absolute atomic E-state index is 12.1. The van der Waals surface area contributed by atoms with Gasteiger partial charge in [-0.05, 0) is 18.9 Å². The first-order chi connectivity index (χ1) is 8.08. The highest BCUT2D eigenvalue weighted by Gasteiger charge is 2.27. The predicted octanol–water partition coefficient (Wildman–Crippen LogP) is -0.0656. The number of nitrogens with two attached hydrogens (primary N) is 2. The summed E-state index contributed by atoms with van der Waals surface area (Å²) in [4.78, 5) is 27.6. The maximum atomic E-state index is 12.1. The number of anilines is 1. The van der Waals surface area contributed by atoms with Crippen molar-refractivity contribution < 1.29 is 9.59 Å². The number of aromatic nitrogens is 1. The van der Waals surface area contributed by atoms with Gasteiger partial charge in [0.25, 0.3) is 5.91 Å². The van der Waals surface area contributed by atoms with E-state index in [-0.39, 0.29) is 17.7 Å². The Bertz CT molecular complexity index is 440. The second kappa shape index (κ2) is 4.48. The number of nitrogens with one attached hydrogen (secondary N) is 1. The van der Waals surface area contributed by atoms with E-state index >= 15 is 0 Å². The van der Waals surface area contributed by atoms with Gasteiger partial charge in [-0.2, -0.15) is 0 Å². The minimum atomic E-state index is -0.339. The van der Waals surface area contributed by atoms with Crippen LogP contribution in [-0.4, -0.2) is 34.8 Å². The number of likely N-dealkylation sites (tertiary alicyclic amines) is 1. The van der Waals surface area contributed by atoms with E-state index in [4.69, 9.17) is 11.5 Å². The molecule has 5 N–H and O–H groups in total. The van der Waals surface area contributed by atoms with Crippen LogP contribution in [0.25, 0.3) is 0 Å². The summed E-state index contributed by atoms with van der Waals surface area (Å²) in [6.07, 6.45) is 3.13. The van der Waals surface area contributed by atoms with Crippen LogP contribution in [0.15, 0.2) is 12.3 Å². The highest BCUT2D eigenvalue weighted by molar-refractivity contribution is 5.94. The first kappa shape index (κ1) is 11.5. The lowest BCUT2D eigenvalue weighted by molar-refractivity contribution is -0.123. The molecule has 1 aromatic heterocycles. The molecule has 2 rings (SSSR count). The molecular formula is C11H16N4O2. The van der Waals surface area contributed by atoms with Gasteiger partial charge in [-0.1, -0.05) is 0 Å². The summed E-state index contributed by atoms with van der Waals surface area (Å²) in [6.45, 7) is 1.05. The number of nitrogens with zero attached hydrogens (tertiary/aromatic N) is 1. The summed E-state index contributed by atoms with van der Waals surface area (Å²) in [6, 6.07) is 1.59. The summed E-state index contributed by atoms with van der Waals surface area (Å²) in [5.74, 6) is -0.707. The number of amides is 2. The fourth-order valence-electron chi connectivity index (χ4n) is 2.10. The van der Waals surface area contributed by atoms with E-state index in [1.807, 2.05) is 0 Å². The van der Waals surface area contributed by atoms with Crippen molar-refractivity contribution in [2.24, 2.45) is 11.7 Å². The molecule has 1 fully saturated rings. The fraction of sp³-hybridized carbons (Fsp3) is 0.455. The number of carbonyl (C=O) groups is 2. The van der Waals surface area contributed by atoms with Crippen LogP contribution in [0.3, 0.4) is 0 Å². The first-order valence-corrected chi connectivity index (χ1v) is 5.60. The molecule has 6 nitrogen and oxygen atoms in total. The minimum Gasteiger partial charge on any atom is -0.397 e. The SMILES string of the molecule is NC(=O)C1CCCN(C(=O)c2cc(N)c[nH]2)C1. The molecular weight excluding hydrogens is 220 g/mol. The molecule has 0 bridgehead atoms. The zero-order valence-corrected chi connectivity index (χ0v) is 9.48. The van der Waals surface area contributed by atoms with Gasteiger partial charge in [0.15, 0.2) is 0 Å². The lowest BCUT2D eigenvalue weighted by atomic mass is 9.97.